The van der Waals surface area contributed by atoms with E-state index in [4.69, 9.17) is 0 Å². The van der Waals surface area contributed by atoms with Crippen LogP contribution >= 0.6 is 12.3 Å². The van der Waals surface area contributed by atoms with Crippen molar-refractivity contribution in [3.63, 3.8) is 0 Å². The van der Waals surface area contributed by atoms with E-state index in [0.717, 1.165) is 30.1 Å². The molecule has 7 heteroatoms. The molecule has 1 amide bonds. The Bertz CT molecular complexity index is 546. The number of carbonyl (C=O) groups is 3. The lowest BCUT2D eigenvalue weighted by molar-refractivity contribution is -0.108. The van der Waals surface area contributed by atoms with Crippen LogP contribution in [0.3, 0.4) is 0 Å². The van der Waals surface area contributed by atoms with Crippen LogP contribution < -0.4 is 0 Å². The average molecular weight is 340 g/mol. The molecule has 0 spiro atoms. The summed E-state index contributed by atoms with van der Waals surface area (Å²) in [4.78, 5) is 31.1. The second-order valence-corrected chi connectivity index (χ2v) is 5.62. The van der Waals surface area contributed by atoms with Crippen LogP contribution in [0, 0.1) is 0 Å². The number of hydrogen-bond acceptors (Lipinski definition) is 5. The third-order valence-corrected chi connectivity index (χ3v) is 3.91. The van der Waals surface area contributed by atoms with Crippen LogP contribution in [0.2, 0.25) is 0 Å². The molecule has 0 aromatic heterocycles. The van der Waals surface area contributed by atoms with Gasteiger partial charge >= 0.3 is 0 Å². The largest absolute Gasteiger partial charge is 0.303 e. The van der Waals surface area contributed by atoms with E-state index in [0.29, 0.717) is 31.4 Å². The van der Waals surface area contributed by atoms with Crippen molar-refractivity contribution in [1.82, 2.24) is 9.42 Å². The summed E-state index contributed by atoms with van der Waals surface area (Å²) in [6, 6.07) is 5.69. The van der Waals surface area contributed by atoms with Crippen LogP contribution in [0.5, 0.6) is 0 Å². The van der Waals surface area contributed by atoms with Crippen LogP contribution in [0.15, 0.2) is 18.2 Å². The molecule has 5 nitrogen and oxygen atoms in total. The number of fused-ring (bicyclic) bond motifs is 1. The molecule has 1 aromatic carbocycles. The van der Waals surface area contributed by atoms with Gasteiger partial charge in [-0.1, -0.05) is 19.1 Å². The van der Waals surface area contributed by atoms with Crippen LogP contribution in [0.1, 0.15) is 47.7 Å². The summed E-state index contributed by atoms with van der Waals surface area (Å²) < 4.78 is 13.7. The number of aldehydes is 2. The second kappa shape index (κ2) is 10.1. The highest BCUT2D eigenvalue weighted by atomic mass is 32.2. The molecule has 126 valence electrons. The van der Waals surface area contributed by atoms with Gasteiger partial charge in [0, 0.05) is 25.5 Å². The molecule has 0 saturated carbocycles. The molecule has 23 heavy (non-hydrogen) atoms. The highest BCUT2D eigenvalue weighted by molar-refractivity contribution is 7.91. The van der Waals surface area contributed by atoms with Crippen LogP contribution in [-0.2, 0) is 22.6 Å². The average Bonchev–Trinajstić information content (AvgIpc) is 2.92. The number of nitrogens with zero attached hydrogens (tertiary/aromatic N) is 2. The van der Waals surface area contributed by atoms with Crippen LogP contribution in [0.25, 0.3) is 0 Å². The minimum Gasteiger partial charge on any atom is -0.303 e. The van der Waals surface area contributed by atoms with Gasteiger partial charge in [-0.2, -0.15) is 0 Å². The predicted octanol–water partition coefficient (Wildman–Crippen LogP) is 3.14. The molecule has 0 bridgehead atoms. The Morgan fingerprint density at radius 1 is 1.30 bits per heavy atom. The van der Waals surface area contributed by atoms with Gasteiger partial charge in [0.25, 0.3) is 5.91 Å². The maximum Gasteiger partial charge on any atom is 0.269 e. The molecular weight excluding hydrogens is 319 g/mol. The summed E-state index contributed by atoms with van der Waals surface area (Å²) in [5.41, 5.74) is 2.88. The monoisotopic (exact) mass is 340 g/mol. The van der Waals surface area contributed by atoms with E-state index in [1.54, 1.807) is 13.1 Å². The lowest BCUT2D eigenvalue weighted by atomic mass is 10.0. The van der Waals surface area contributed by atoms with Crippen molar-refractivity contribution in [3.8, 4) is 0 Å². The van der Waals surface area contributed by atoms with Crippen molar-refractivity contribution in [1.29, 1.82) is 0 Å². The van der Waals surface area contributed by atoms with E-state index in [1.165, 1.54) is 9.42 Å². The molecule has 0 radical (unpaired) electrons. The Morgan fingerprint density at radius 2 is 1.96 bits per heavy atom. The summed E-state index contributed by atoms with van der Waals surface area (Å²) in [5.74, 6) is -0.127. The second-order valence-electron chi connectivity index (χ2n) is 4.96. The first-order valence-electron chi connectivity index (χ1n) is 7.42. The third kappa shape index (κ3) is 5.14. The fourth-order valence-corrected chi connectivity index (χ4v) is 2.47. The first-order chi connectivity index (χ1) is 11.1. The highest BCUT2D eigenvalue weighted by Gasteiger charge is 2.31. The molecule has 0 saturated heterocycles. The maximum absolute atomic E-state index is 12.5. The van der Waals surface area contributed by atoms with E-state index in [1.807, 2.05) is 12.1 Å². The maximum atomic E-state index is 12.5. The number of unbranched alkanes of at least 4 members (excludes halogenated alkanes) is 2. The molecule has 1 aromatic rings. The van der Waals surface area contributed by atoms with Gasteiger partial charge in [-0.25, -0.2) is 0 Å². The minimum absolute atomic E-state index is 0.0483. The number of hydrogen-bond donors (Lipinski definition) is 0. The van der Waals surface area contributed by atoms with Gasteiger partial charge in [0.05, 0.1) is 6.54 Å². The van der Waals surface area contributed by atoms with Crippen molar-refractivity contribution in [2.75, 3.05) is 7.05 Å². The molecule has 1 aliphatic heterocycles. The normalized spacial score (nSPS) is 12.7. The van der Waals surface area contributed by atoms with E-state index >= 15 is 0 Å². The molecule has 0 aliphatic carbocycles. The Kier molecular flexibility index (Phi) is 8.50. The topological polar surface area (TPSA) is 57.7 Å². The predicted molar refractivity (Wildman–Crippen MR) is 88.1 cm³/mol. The first kappa shape index (κ1) is 19.3. The zero-order valence-corrected chi connectivity index (χ0v) is 14.1. The fraction of sp³-hybridized carbons (Fsp3) is 0.438. The van der Waals surface area contributed by atoms with E-state index in [2.05, 4.69) is 6.92 Å². The Morgan fingerprint density at radius 3 is 2.48 bits per heavy atom. The summed E-state index contributed by atoms with van der Waals surface area (Å²) in [7, 11) is 1.54. The Hall–Kier alpha value is -1.73. The van der Waals surface area contributed by atoms with E-state index in [-0.39, 0.29) is 18.2 Å². The molecule has 0 unspecified atom stereocenters. The van der Waals surface area contributed by atoms with E-state index in [9.17, 15) is 18.3 Å². The number of carbonyl (C=O) groups excluding carboxylic acids is 3. The lowest BCUT2D eigenvalue weighted by Gasteiger charge is -2.22. The van der Waals surface area contributed by atoms with Crippen molar-refractivity contribution in [2.45, 2.75) is 39.2 Å². The highest BCUT2D eigenvalue weighted by Crippen LogP contribution is 2.29. The van der Waals surface area contributed by atoms with Gasteiger partial charge in [0.1, 0.15) is 12.6 Å². The van der Waals surface area contributed by atoms with Gasteiger partial charge in [-0.05, 0) is 30.0 Å². The molecule has 2 rings (SSSR count). The van der Waals surface area contributed by atoms with Crippen molar-refractivity contribution in [3.05, 3.63) is 34.9 Å². The number of hydrazine groups is 1. The minimum atomic E-state index is -0.127. The molecule has 1 heterocycles. The zero-order valence-electron chi connectivity index (χ0n) is 13.3. The molecule has 0 atom stereocenters. The molecule has 1 aliphatic rings. The summed E-state index contributed by atoms with van der Waals surface area (Å²) in [6.07, 6.45) is 4.26. The van der Waals surface area contributed by atoms with Gasteiger partial charge in [-0.3, -0.25) is 9.80 Å². The SMILES string of the molecule is CCc1cccc2c1CN(N(C)SF)C2=O.O=CCCCC=O. The van der Waals surface area contributed by atoms with Crippen molar-refractivity contribution >= 4 is 30.8 Å². The lowest BCUT2D eigenvalue weighted by Crippen LogP contribution is -2.34. The first-order valence-corrected chi connectivity index (χ1v) is 8.10. The van der Waals surface area contributed by atoms with Crippen molar-refractivity contribution in [2.24, 2.45) is 0 Å². The van der Waals surface area contributed by atoms with Gasteiger partial charge in [0.2, 0.25) is 0 Å². The number of halogens is 1. The third-order valence-electron chi connectivity index (χ3n) is 3.51. The van der Waals surface area contributed by atoms with E-state index < -0.39 is 0 Å². The molecule has 0 fully saturated rings. The summed E-state index contributed by atoms with van der Waals surface area (Å²) >= 11 is 0.0483. The number of aryl methyl sites for hydroxylation is 1. The number of benzene rings is 1. The summed E-state index contributed by atoms with van der Waals surface area (Å²) in [6.45, 7) is 2.52. The van der Waals surface area contributed by atoms with Gasteiger partial charge in [0.15, 0.2) is 12.3 Å². The number of rotatable bonds is 7. The van der Waals surface area contributed by atoms with Crippen LogP contribution in [0.4, 0.5) is 3.89 Å². The summed E-state index contributed by atoms with van der Waals surface area (Å²) in [5, 5.41) is 1.41. The van der Waals surface area contributed by atoms with Gasteiger partial charge < -0.3 is 9.59 Å². The Balaban J connectivity index is 0.000000322. The quantitative estimate of drug-likeness (QED) is 0.434. The Labute approximate surface area is 140 Å². The standard InChI is InChI=1S/C11H13FN2OS.C5H8O2/c1-3-8-5-4-6-9-10(8)7-14(11(9)15)13(2)16-12;6-4-2-1-3-5-7/h4-6H,3,7H2,1-2H3;4-5H,1-3H2. The smallest absolute Gasteiger partial charge is 0.269 e. The molecular formula is C16H21FN2O3S. The number of amides is 1. The van der Waals surface area contributed by atoms with Gasteiger partial charge in [-0.15, -0.1) is 8.30 Å². The fourth-order valence-electron chi connectivity index (χ4n) is 2.26. The zero-order chi connectivity index (χ0) is 17.2. The molecule has 0 N–H and O–H groups in total. The van der Waals surface area contributed by atoms with Crippen LogP contribution in [-0.4, -0.2) is 35.0 Å². The van der Waals surface area contributed by atoms with Crippen molar-refractivity contribution < 1.29 is 18.3 Å².